The average molecular weight is 209 g/mol. The van der Waals surface area contributed by atoms with E-state index in [1.165, 1.54) is 0 Å². The van der Waals surface area contributed by atoms with Crippen molar-refractivity contribution in [3.8, 4) is 5.75 Å². The lowest BCUT2D eigenvalue weighted by atomic mass is 10.2. The van der Waals surface area contributed by atoms with E-state index in [9.17, 15) is 0 Å². The molecule has 0 saturated heterocycles. The molecule has 1 heterocycles. The van der Waals surface area contributed by atoms with Gasteiger partial charge in [0.15, 0.2) is 5.84 Å². The fraction of sp³-hybridized carbons (Fsp3) is 0.400. The van der Waals surface area contributed by atoms with Crippen molar-refractivity contribution in [1.82, 2.24) is 4.98 Å². The molecule has 0 aliphatic heterocycles. The van der Waals surface area contributed by atoms with Gasteiger partial charge >= 0.3 is 0 Å². The minimum absolute atomic E-state index is 0.0314. The lowest BCUT2D eigenvalue weighted by Gasteiger charge is -2.08. The number of rotatable bonds is 5. The summed E-state index contributed by atoms with van der Waals surface area (Å²) in [7, 11) is 0. The van der Waals surface area contributed by atoms with Crippen molar-refractivity contribution in [2.45, 2.75) is 19.8 Å². The van der Waals surface area contributed by atoms with E-state index in [0.29, 0.717) is 17.9 Å². The van der Waals surface area contributed by atoms with Crippen molar-refractivity contribution in [2.75, 3.05) is 6.61 Å². The third kappa shape index (κ3) is 3.12. The molecule has 3 N–H and O–H groups in total. The second-order valence-electron chi connectivity index (χ2n) is 3.06. The predicted molar refractivity (Wildman–Crippen MR) is 57.2 cm³/mol. The number of amidine groups is 1. The normalized spacial score (nSPS) is 11.4. The van der Waals surface area contributed by atoms with Gasteiger partial charge in [-0.15, -0.1) is 0 Å². The van der Waals surface area contributed by atoms with Crippen molar-refractivity contribution in [2.24, 2.45) is 10.9 Å². The lowest BCUT2D eigenvalue weighted by molar-refractivity contribution is 0.305. The van der Waals surface area contributed by atoms with Crippen molar-refractivity contribution >= 4 is 5.84 Å². The first-order valence-corrected chi connectivity index (χ1v) is 4.84. The van der Waals surface area contributed by atoms with Gasteiger partial charge in [0.25, 0.3) is 0 Å². The van der Waals surface area contributed by atoms with Crippen LogP contribution in [0, 0.1) is 0 Å². The molecule has 0 amide bonds. The van der Waals surface area contributed by atoms with E-state index in [-0.39, 0.29) is 5.84 Å². The minimum Gasteiger partial charge on any atom is -0.491 e. The minimum atomic E-state index is 0.0314. The Balaban J connectivity index is 2.77. The van der Waals surface area contributed by atoms with Gasteiger partial charge in [0, 0.05) is 6.20 Å². The van der Waals surface area contributed by atoms with Gasteiger partial charge in [-0.25, -0.2) is 0 Å². The molecule has 0 spiro atoms. The fourth-order valence-electron chi connectivity index (χ4n) is 1.09. The third-order valence-electron chi connectivity index (χ3n) is 1.92. The van der Waals surface area contributed by atoms with Crippen molar-refractivity contribution in [3.05, 3.63) is 24.0 Å². The molecule has 1 aromatic heterocycles. The SMILES string of the molecule is CCCCOc1cnccc1/C(N)=N/O. The molecule has 0 fully saturated rings. The highest BCUT2D eigenvalue weighted by molar-refractivity contribution is 5.99. The zero-order valence-electron chi connectivity index (χ0n) is 8.68. The summed E-state index contributed by atoms with van der Waals surface area (Å²) in [5, 5.41) is 11.5. The second-order valence-corrected chi connectivity index (χ2v) is 3.06. The Kier molecular flexibility index (Phi) is 4.40. The first-order valence-electron chi connectivity index (χ1n) is 4.84. The zero-order chi connectivity index (χ0) is 11.1. The molecule has 82 valence electrons. The van der Waals surface area contributed by atoms with Crippen LogP contribution in [0.3, 0.4) is 0 Å². The van der Waals surface area contributed by atoms with Crippen molar-refractivity contribution < 1.29 is 9.94 Å². The number of ether oxygens (including phenoxy) is 1. The highest BCUT2D eigenvalue weighted by Gasteiger charge is 2.07. The molecule has 5 nitrogen and oxygen atoms in total. The Morgan fingerprint density at radius 3 is 3.13 bits per heavy atom. The van der Waals surface area contributed by atoms with Gasteiger partial charge < -0.3 is 15.7 Å². The molecule has 0 aromatic carbocycles. The van der Waals surface area contributed by atoms with E-state index in [0.717, 1.165) is 12.8 Å². The third-order valence-corrected chi connectivity index (χ3v) is 1.92. The molecule has 0 atom stereocenters. The molecule has 0 aliphatic rings. The summed E-state index contributed by atoms with van der Waals surface area (Å²) >= 11 is 0. The van der Waals surface area contributed by atoms with Crippen LogP contribution in [-0.2, 0) is 0 Å². The largest absolute Gasteiger partial charge is 0.491 e. The molecular weight excluding hydrogens is 194 g/mol. The summed E-state index contributed by atoms with van der Waals surface area (Å²) in [4.78, 5) is 3.92. The number of unbranched alkanes of at least 4 members (excludes halogenated alkanes) is 1. The lowest BCUT2D eigenvalue weighted by Crippen LogP contribution is -2.15. The second kappa shape index (κ2) is 5.85. The van der Waals surface area contributed by atoms with Gasteiger partial charge in [-0.3, -0.25) is 4.98 Å². The topological polar surface area (TPSA) is 80.7 Å². The van der Waals surface area contributed by atoms with Crippen LogP contribution in [0.4, 0.5) is 0 Å². The van der Waals surface area contributed by atoms with Crippen LogP contribution < -0.4 is 10.5 Å². The maximum absolute atomic E-state index is 8.57. The quantitative estimate of drug-likeness (QED) is 0.252. The van der Waals surface area contributed by atoms with Crippen LogP contribution in [0.1, 0.15) is 25.3 Å². The highest BCUT2D eigenvalue weighted by Crippen LogP contribution is 2.16. The number of nitrogens with two attached hydrogens (primary N) is 1. The standard InChI is InChI=1S/C10H15N3O2/c1-2-3-6-15-9-7-12-5-4-8(9)10(11)13-14/h4-5,7,14H,2-3,6H2,1H3,(H2,11,13). The van der Waals surface area contributed by atoms with E-state index in [1.54, 1.807) is 18.5 Å². The molecule has 1 aromatic rings. The number of hydrogen-bond donors (Lipinski definition) is 2. The number of pyridine rings is 1. The fourth-order valence-corrected chi connectivity index (χ4v) is 1.09. The van der Waals surface area contributed by atoms with Crippen LogP contribution in [0.15, 0.2) is 23.6 Å². The molecule has 1 rings (SSSR count). The van der Waals surface area contributed by atoms with Crippen LogP contribution in [0.25, 0.3) is 0 Å². The van der Waals surface area contributed by atoms with Gasteiger partial charge in [0.05, 0.1) is 18.4 Å². The Labute approximate surface area is 88.6 Å². The van der Waals surface area contributed by atoms with Crippen LogP contribution in [-0.4, -0.2) is 22.6 Å². The van der Waals surface area contributed by atoms with Crippen LogP contribution >= 0.6 is 0 Å². The highest BCUT2D eigenvalue weighted by atomic mass is 16.5. The first kappa shape index (κ1) is 11.3. The number of nitrogens with zero attached hydrogens (tertiary/aromatic N) is 2. The summed E-state index contributed by atoms with van der Waals surface area (Å²) < 4.78 is 5.47. The number of aromatic nitrogens is 1. The van der Waals surface area contributed by atoms with E-state index in [1.807, 2.05) is 0 Å². The summed E-state index contributed by atoms with van der Waals surface area (Å²) in [5.74, 6) is 0.574. The summed E-state index contributed by atoms with van der Waals surface area (Å²) in [6, 6.07) is 1.65. The van der Waals surface area contributed by atoms with Crippen LogP contribution in [0.5, 0.6) is 5.75 Å². The molecule has 0 aliphatic carbocycles. The molecule has 5 heteroatoms. The Hall–Kier alpha value is -1.78. The molecule has 15 heavy (non-hydrogen) atoms. The van der Waals surface area contributed by atoms with Gasteiger partial charge in [-0.2, -0.15) is 0 Å². The van der Waals surface area contributed by atoms with Crippen molar-refractivity contribution in [1.29, 1.82) is 0 Å². The van der Waals surface area contributed by atoms with Crippen molar-refractivity contribution in [3.63, 3.8) is 0 Å². The smallest absolute Gasteiger partial charge is 0.173 e. The van der Waals surface area contributed by atoms with Gasteiger partial charge in [0.2, 0.25) is 0 Å². The van der Waals surface area contributed by atoms with Gasteiger partial charge in [-0.1, -0.05) is 18.5 Å². The molecule has 0 unspecified atom stereocenters. The Bertz CT molecular complexity index is 339. The zero-order valence-corrected chi connectivity index (χ0v) is 8.68. The molecule has 0 saturated carbocycles. The van der Waals surface area contributed by atoms with E-state index in [2.05, 4.69) is 17.1 Å². The van der Waals surface area contributed by atoms with E-state index in [4.69, 9.17) is 15.7 Å². The van der Waals surface area contributed by atoms with Crippen LogP contribution in [0.2, 0.25) is 0 Å². The molecule has 0 bridgehead atoms. The van der Waals surface area contributed by atoms with Gasteiger partial charge in [0.1, 0.15) is 5.75 Å². The molecular formula is C10H15N3O2. The Morgan fingerprint density at radius 2 is 2.47 bits per heavy atom. The average Bonchev–Trinajstić information content (AvgIpc) is 2.29. The first-order chi connectivity index (χ1) is 7.29. The molecule has 0 radical (unpaired) electrons. The van der Waals surface area contributed by atoms with E-state index < -0.39 is 0 Å². The maximum Gasteiger partial charge on any atom is 0.173 e. The number of oxime groups is 1. The number of hydrogen-bond acceptors (Lipinski definition) is 4. The monoisotopic (exact) mass is 209 g/mol. The summed E-state index contributed by atoms with van der Waals surface area (Å²) in [5.41, 5.74) is 6.05. The van der Waals surface area contributed by atoms with E-state index >= 15 is 0 Å². The predicted octanol–water partition coefficient (Wildman–Crippen LogP) is 1.35. The Morgan fingerprint density at radius 1 is 1.67 bits per heavy atom. The van der Waals surface area contributed by atoms with Gasteiger partial charge in [-0.05, 0) is 12.5 Å². The summed E-state index contributed by atoms with van der Waals surface area (Å²) in [6.07, 6.45) is 5.15. The summed E-state index contributed by atoms with van der Waals surface area (Å²) in [6.45, 7) is 2.69. The maximum atomic E-state index is 8.57.